The Morgan fingerprint density at radius 2 is 1.76 bits per heavy atom. The molecule has 6 heteroatoms. The standard InChI is InChI=1S/C28H30FN3O2/c29-25-12-4-3-10-23(25)22-14-15-30-17-20(22)18-32-27(26-13-6-16-33-26)31-34-28(32)24-11-5-8-19-7-1-2-9-21(19)24/h3-4,6,10,12-17,19,21,24,28H,1-2,5,7-9,11,18H2. The molecule has 3 aliphatic rings. The fourth-order valence-electron chi connectivity index (χ4n) is 6.42. The van der Waals surface area contributed by atoms with Gasteiger partial charge in [0.2, 0.25) is 12.1 Å². The van der Waals surface area contributed by atoms with Crippen molar-refractivity contribution in [2.45, 2.75) is 57.7 Å². The van der Waals surface area contributed by atoms with Gasteiger partial charge in [-0.25, -0.2) is 4.39 Å². The van der Waals surface area contributed by atoms with Gasteiger partial charge >= 0.3 is 0 Å². The lowest BCUT2D eigenvalue weighted by molar-refractivity contribution is -0.0826. The molecule has 2 saturated carbocycles. The van der Waals surface area contributed by atoms with Crippen LogP contribution in [0.2, 0.25) is 0 Å². The first-order valence-electron chi connectivity index (χ1n) is 12.5. The summed E-state index contributed by atoms with van der Waals surface area (Å²) in [5.74, 6) is 3.04. The highest BCUT2D eigenvalue weighted by atomic mass is 19.1. The Hall–Kier alpha value is -3.15. The third-order valence-corrected chi connectivity index (χ3v) is 7.97. The molecular formula is C28H30FN3O2. The monoisotopic (exact) mass is 459 g/mol. The summed E-state index contributed by atoms with van der Waals surface area (Å²) < 4.78 is 20.5. The number of amidine groups is 1. The molecule has 0 amide bonds. The van der Waals surface area contributed by atoms with E-state index < -0.39 is 0 Å². The van der Waals surface area contributed by atoms with Crippen LogP contribution in [0.5, 0.6) is 0 Å². The molecule has 176 valence electrons. The van der Waals surface area contributed by atoms with Crippen LogP contribution >= 0.6 is 0 Å². The van der Waals surface area contributed by atoms with Gasteiger partial charge in [0.15, 0.2) is 5.76 Å². The second kappa shape index (κ2) is 9.24. The Labute approximate surface area is 199 Å². The van der Waals surface area contributed by atoms with Crippen LogP contribution < -0.4 is 0 Å². The van der Waals surface area contributed by atoms with Crippen molar-refractivity contribution >= 4 is 5.84 Å². The molecule has 34 heavy (non-hydrogen) atoms. The van der Waals surface area contributed by atoms with E-state index in [9.17, 15) is 4.39 Å². The number of halogens is 1. The Bertz CT molecular complexity index is 1160. The van der Waals surface area contributed by atoms with Gasteiger partial charge in [-0.2, -0.15) is 0 Å². The third-order valence-electron chi connectivity index (χ3n) is 7.97. The number of hydrogen-bond acceptors (Lipinski definition) is 5. The molecule has 3 aromatic rings. The van der Waals surface area contributed by atoms with Crippen LogP contribution in [-0.4, -0.2) is 21.9 Å². The SMILES string of the molecule is Fc1ccccc1-c1ccncc1CN1C(c2ccco2)=NOC1C1CCCC2CCCCC21. The van der Waals surface area contributed by atoms with Crippen molar-refractivity contribution in [3.05, 3.63) is 78.3 Å². The van der Waals surface area contributed by atoms with Crippen LogP contribution in [0.25, 0.3) is 11.1 Å². The number of hydrogen-bond donors (Lipinski definition) is 0. The van der Waals surface area contributed by atoms with E-state index in [0.29, 0.717) is 35.5 Å². The molecule has 1 aromatic carbocycles. The highest BCUT2D eigenvalue weighted by Gasteiger charge is 2.46. The van der Waals surface area contributed by atoms with Gasteiger partial charge in [0, 0.05) is 23.9 Å². The highest BCUT2D eigenvalue weighted by molar-refractivity contribution is 5.96. The van der Waals surface area contributed by atoms with Crippen LogP contribution in [0.1, 0.15) is 56.3 Å². The maximum atomic E-state index is 14.7. The van der Waals surface area contributed by atoms with Crippen molar-refractivity contribution in [1.29, 1.82) is 0 Å². The lowest BCUT2D eigenvalue weighted by Gasteiger charge is -2.44. The zero-order chi connectivity index (χ0) is 22.9. The molecule has 2 aliphatic carbocycles. The van der Waals surface area contributed by atoms with E-state index in [-0.39, 0.29) is 12.0 Å². The quantitative estimate of drug-likeness (QED) is 0.431. The molecule has 0 N–H and O–H groups in total. The Morgan fingerprint density at radius 1 is 0.912 bits per heavy atom. The van der Waals surface area contributed by atoms with E-state index in [1.165, 1.54) is 44.6 Å². The molecule has 5 nitrogen and oxygen atoms in total. The number of furan rings is 1. The lowest BCUT2D eigenvalue weighted by atomic mass is 9.65. The average molecular weight is 460 g/mol. The van der Waals surface area contributed by atoms with Crippen molar-refractivity contribution in [3.8, 4) is 11.1 Å². The molecular weight excluding hydrogens is 429 g/mol. The smallest absolute Gasteiger partial charge is 0.214 e. The summed E-state index contributed by atoms with van der Waals surface area (Å²) in [6, 6.07) is 12.6. The van der Waals surface area contributed by atoms with Gasteiger partial charge in [0.05, 0.1) is 12.8 Å². The molecule has 4 atom stereocenters. The molecule has 0 spiro atoms. The average Bonchev–Trinajstić information content (AvgIpc) is 3.55. The van der Waals surface area contributed by atoms with Gasteiger partial charge in [-0.15, -0.1) is 0 Å². The molecule has 4 unspecified atom stereocenters. The topological polar surface area (TPSA) is 50.9 Å². The van der Waals surface area contributed by atoms with Gasteiger partial charge in [0.25, 0.3) is 0 Å². The van der Waals surface area contributed by atoms with Crippen LogP contribution in [0.3, 0.4) is 0 Å². The number of benzene rings is 1. The zero-order valence-corrected chi connectivity index (χ0v) is 19.3. The van der Waals surface area contributed by atoms with E-state index in [1.54, 1.807) is 18.5 Å². The summed E-state index contributed by atoms with van der Waals surface area (Å²) in [7, 11) is 0. The molecule has 6 rings (SSSR count). The zero-order valence-electron chi connectivity index (χ0n) is 19.3. The van der Waals surface area contributed by atoms with Crippen molar-refractivity contribution < 1.29 is 13.6 Å². The molecule has 2 aromatic heterocycles. The second-order valence-corrected chi connectivity index (χ2v) is 9.83. The summed E-state index contributed by atoms with van der Waals surface area (Å²) in [5, 5.41) is 4.52. The van der Waals surface area contributed by atoms with Gasteiger partial charge in [-0.1, -0.05) is 55.5 Å². The number of fused-ring (bicyclic) bond motifs is 1. The number of pyridine rings is 1. The fourth-order valence-corrected chi connectivity index (χ4v) is 6.42. The van der Waals surface area contributed by atoms with E-state index >= 15 is 0 Å². The largest absolute Gasteiger partial charge is 0.461 e. The predicted octanol–water partition coefficient (Wildman–Crippen LogP) is 6.61. The number of rotatable bonds is 5. The molecule has 0 radical (unpaired) electrons. The first-order valence-corrected chi connectivity index (χ1v) is 12.5. The fraction of sp³-hybridized carbons (Fsp3) is 0.429. The summed E-state index contributed by atoms with van der Waals surface area (Å²) in [6.45, 7) is 0.523. The summed E-state index contributed by atoms with van der Waals surface area (Å²) in [5.41, 5.74) is 2.37. The van der Waals surface area contributed by atoms with Crippen molar-refractivity contribution in [1.82, 2.24) is 9.88 Å². The molecule has 0 saturated heterocycles. The Morgan fingerprint density at radius 3 is 2.65 bits per heavy atom. The maximum absolute atomic E-state index is 14.7. The molecule has 2 fully saturated rings. The summed E-state index contributed by atoms with van der Waals surface area (Å²) in [6.07, 6.45) is 14.0. The normalized spacial score (nSPS) is 26.6. The van der Waals surface area contributed by atoms with E-state index in [1.807, 2.05) is 36.5 Å². The maximum Gasteiger partial charge on any atom is 0.214 e. The van der Waals surface area contributed by atoms with Crippen LogP contribution in [0.4, 0.5) is 4.39 Å². The first kappa shape index (κ1) is 21.4. The van der Waals surface area contributed by atoms with E-state index in [4.69, 9.17) is 9.25 Å². The minimum atomic E-state index is -0.235. The lowest BCUT2D eigenvalue weighted by Crippen LogP contribution is -2.46. The minimum Gasteiger partial charge on any atom is -0.461 e. The van der Waals surface area contributed by atoms with Crippen molar-refractivity contribution in [2.24, 2.45) is 22.9 Å². The Balaban J connectivity index is 1.36. The van der Waals surface area contributed by atoms with Crippen LogP contribution in [0.15, 0.2) is 70.7 Å². The van der Waals surface area contributed by atoms with E-state index in [2.05, 4.69) is 15.0 Å². The van der Waals surface area contributed by atoms with Gasteiger partial charge in [0.1, 0.15) is 5.82 Å². The molecule has 3 heterocycles. The predicted molar refractivity (Wildman–Crippen MR) is 128 cm³/mol. The minimum absolute atomic E-state index is 0.153. The molecule has 1 aliphatic heterocycles. The molecule has 0 bridgehead atoms. The third kappa shape index (κ3) is 3.89. The number of oxime groups is 1. The van der Waals surface area contributed by atoms with Gasteiger partial charge < -0.3 is 14.2 Å². The highest BCUT2D eigenvalue weighted by Crippen LogP contribution is 2.47. The number of nitrogens with zero attached hydrogens (tertiary/aromatic N) is 3. The second-order valence-electron chi connectivity index (χ2n) is 9.83. The van der Waals surface area contributed by atoms with Gasteiger partial charge in [-0.05, 0) is 60.1 Å². The Kier molecular flexibility index (Phi) is 5.81. The van der Waals surface area contributed by atoms with Crippen LogP contribution in [0, 0.1) is 23.6 Å². The summed E-state index contributed by atoms with van der Waals surface area (Å²) in [4.78, 5) is 12.8. The van der Waals surface area contributed by atoms with Crippen LogP contribution in [-0.2, 0) is 11.4 Å². The number of aromatic nitrogens is 1. The van der Waals surface area contributed by atoms with Gasteiger partial charge in [-0.3, -0.25) is 4.98 Å². The van der Waals surface area contributed by atoms with Crippen molar-refractivity contribution in [3.63, 3.8) is 0 Å². The van der Waals surface area contributed by atoms with E-state index in [0.717, 1.165) is 23.5 Å². The first-order chi connectivity index (χ1) is 16.8. The summed E-state index contributed by atoms with van der Waals surface area (Å²) >= 11 is 0. The van der Waals surface area contributed by atoms with Crippen molar-refractivity contribution in [2.75, 3.05) is 0 Å².